The Kier molecular flexibility index (Phi) is 6.46. The van der Waals surface area contributed by atoms with Crippen molar-refractivity contribution in [1.82, 2.24) is 35.1 Å². The molecule has 4 aromatic rings. The highest BCUT2D eigenvalue weighted by Crippen LogP contribution is 2.38. The number of nitrogen functional groups attached to an aromatic ring is 1. The lowest BCUT2D eigenvalue weighted by Crippen LogP contribution is -2.31. The first kappa shape index (κ1) is 23.2. The zero-order valence-corrected chi connectivity index (χ0v) is 19.5. The smallest absolute Gasteiger partial charge is 0.278 e. The molecule has 0 spiro atoms. The number of hydrogen-bond donors (Lipinski definition) is 3. The van der Waals surface area contributed by atoms with Crippen molar-refractivity contribution in [2.75, 3.05) is 17.6 Å². The second-order valence-corrected chi connectivity index (χ2v) is 8.56. The summed E-state index contributed by atoms with van der Waals surface area (Å²) >= 11 is 0. The SMILES string of the molecule is CC(C)C(C)(c1ccc(-c2cnc(N)nc2)nc1)c1noc(-c2cnc(NC[C@H](C)O)cn2)n1. The van der Waals surface area contributed by atoms with Crippen molar-refractivity contribution in [3.63, 3.8) is 0 Å². The van der Waals surface area contributed by atoms with Crippen LogP contribution in [0.3, 0.4) is 0 Å². The Morgan fingerprint density at radius 3 is 2.29 bits per heavy atom. The van der Waals surface area contributed by atoms with E-state index in [2.05, 4.69) is 61.1 Å². The van der Waals surface area contributed by atoms with Crippen LogP contribution in [0.15, 0.2) is 47.6 Å². The summed E-state index contributed by atoms with van der Waals surface area (Å²) in [5, 5.41) is 16.7. The molecule has 0 amide bonds. The number of aliphatic hydroxyl groups excluding tert-OH is 1. The second-order valence-electron chi connectivity index (χ2n) is 8.56. The standard InChI is InChI=1S/C23H27N9O2/c1-13(2)23(4,16-5-6-17(25-10-16)15-8-29-22(24)30-9-15)21-31-20(34-32-21)18-11-28-19(12-26-18)27-7-14(3)33/h5-6,8-14,33H,7H2,1-4H3,(H,27,28)(H2,24,29,30)/t14-,23?/m0/s1. The van der Waals surface area contributed by atoms with E-state index in [1.807, 2.05) is 18.3 Å². The first-order valence-electron chi connectivity index (χ1n) is 10.9. The van der Waals surface area contributed by atoms with E-state index in [-0.39, 0.29) is 17.8 Å². The zero-order chi connectivity index (χ0) is 24.3. The van der Waals surface area contributed by atoms with Crippen molar-refractivity contribution in [3.8, 4) is 22.8 Å². The number of nitrogens with two attached hydrogens (primary N) is 1. The van der Waals surface area contributed by atoms with E-state index in [0.29, 0.717) is 23.9 Å². The van der Waals surface area contributed by atoms with Gasteiger partial charge in [-0.15, -0.1) is 0 Å². The van der Waals surface area contributed by atoms with Crippen molar-refractivity contribution < 1.29 is 9.63 Å². The van der Waals surface area contributed by atoms with Crippen LogP contribution in [0.1, 0.15) is 39.1 Å². The Bertz CT molecular complexity index is 1220. The van der Waals surface area contributed by atoms with Crippen LogP contribution in [0.25, 0.3) is 22.8 Å². The Morgan fingerprint density at radius 1 is 0.971 bits per heavy atom. The first-order chi connectivity index (χ1) is 16.3. The van der Waals surface area contributed by atoms with Gasteiger partial charge in [-0.05, 0) is 31.4 Å². The molecule has 4 rings (SSSR count). The number of pyridine rings is 1. The molecule has 0 aliphatic heterocycles. The lowest BCUT2D eigenvalue weighted by atomic mass is 9.73. The van der Waals surface area contributed by atoms with Gasteiger partial charge < -0.3 is 20.7 Å². The van der Waals surface area contributed by atoms with Crippen LogP contribution >= 0.6 is 0 Å². The van der Waals surface area contributed by atoms with Crippen molar-refractivity contribution in [1.29, 1.82) is 0 Å². The normalized spacial score (nSPS) is 14.1. The number of hydrogen-bond acceptors (Lipinski definition) is 11. The summed E-state index contributed by atoms with van der Waals surface area (Å²) in [6.07, 6.45) is 7.72. The predicted molar refractivity (Wildman–Crippen MR) is 126 cm³/mol. The third-order valence-corrected chi connectivity index (χ3v) is 5.83. The van der Waals surface area contributed by atoms with Gasteiger partial charge in [0.1, 0.15) is 11.5 Å². The molecule has 0 saturated heterocycles. The average molecular weight is 462 g/mol. The van der Waals surface area contributed by atoms with Crippen LogP contribution < -0.4 is 11.1 Å². The Labute approximate surface area is 196 Å². The van der Waals surface area contributed by atoms with Crippen LogP contribution in [0.2, 0.25) is 0 Å². The molecule has 1 unspecified atom stereocenters. The molecule has 11 heteroatoms. The fourth-order valence-corrected chi connectivity index (χ4v) is 3.38. The molecule has 4 aromatic heterocycles. The van der Waals surface area contributed by atoms with Crippen molar-refractivity contribution in [2.45, 2.75) is 39.2 Å². The monoisotopic (exact) mass is 461 g/mol. The molecule has 11 nitrogen and oxygen atoms in total. The molecule has 0 aliphatic carbocycles. The minimum Gasteiger partial charge on any atom is -0.392 e. The summed E-state index contributed by atoms with van der Waals surface area (Å²) in [4.78, 5) is 25.9. The molecule has 2 atom stereocenters. The fraction of sp³-hybridized carbons (Fsp3) is 0.348. The fourth-order valence-electron chi connectivity index (χ4n) is 3.38. The van der Waals surface area contributed by atoms with Gasteiger partial charge in [0.2, 0.25) is 5.95 Å². The molecule has 0 fully saturated rings. The third-order valence-electron chi connectivity index (χ3n) is 5.83. The van der Waals surface area contributed by atoms with Gasteiger partial charge in [0, 0.05) is 30.7 Å². The van der Waals surface area contributed by atoms with Crippen LogP contribution in [-0.4, -0.2) is 52.8 Å². The van der Waals surface area contributed by atoms with E-state index in [0.717, 1.165) is 16.8 Å². The second kappa shape index (κ2) is 9.48. The summed E-state index contributed by atoms with van der Waals surface area (Å²) in [7, 11) is 0. The maximum atomic E-state index is 9.39. The van der Waals surface area contributed by atoms with Gasteiger partial charge in [-0.25, -0.2) is 19.9 Å². The largest absolute Gasteiger partial charge is 0.392 e. The molecule has 0 bridgehead atoms. The highest BCUT2D eigenvalue weighted by Gasteiger charge is 2.38. The van der Waals surface area contributed by atoms with E-state index >= 15 is 0 Å². The molecular formula is C23H27N9O2. The van der Waals surface area contributed by atoms with Gasteiger partial charge in [-0.3, -0.25) is 4.98 Å². The topological polar surface area (TPSA) is 162 Å². The maximum absolute atomic E-state index is 9.39. The lowest BCUT2D eigenvalue weighted by molar-refractivity contribution is 0.208. The average Bonchev–Trinajstić information content (AvgIpc) is 3.34. The number of aromatic nitrogens is 7. The van der Waals surface area contributed by atoms with Crippen LogP contribution in [0.5, 0.6) is 0 Å². The summed E-state index contributed by atoms with van der Waals surface area (Å²) in [5.41, 5.74) is 7.94. The van der Waals surface area contributed by atoms with Crippen molar-refractivity contribution >= 4 is 11.8 Å². The Hall–Kier alpha value is -3.99. The van der Waals surface area contributed by atoms with E-state index in [1.54, 1.807) is 31.7 Å². The summed E-state index contributed by atoms with van der Waals surface area (Å²) < 4.78 is 5.54. The summed E-state index contributed by atoms with van der Waals surface area (Å²) in [6, 6.07) is 3.91. The van der Waals surface area contributed by atoms with Crippen LogP contribution in [0.4, 0.5) is 11.8 Å². The predicted octanol–water partition coefficient (Wildman–Crippen LogP) is 2.72. The molecule has 0 aromatic carbocycles. The molecule has 0 saturated carbocycles. The zero-order valence-electron chi connectivity index (χ0n) is 19.5. The summed E-state index contributed by atoms with van der Waals surface area (Å²) in [6.45, 7) is 8.32. The molecule has 4 N–H and O–H groups in total. The molecule has 0 aliphatic rings. The quantitative estimate of drug-likeness (QED) is 0.353. The van der Waals surface area contributed by atoms with Gasteiger partial charge in [0.15, 0.2) is 5.82 Å². The number of rotatable bonds is 8. The molecular weight excluding hydrogens is 434 g/mol. The van der Waals surface area contributed by atoms with E-state index in [4.69, 9.17) is 10.3 Å². The van der Waals surface area contributed by atoms with Gasteiger partial charge in [0.05, 0.1) is 29.6 Å². The van der Waals surface area contributed by atoms with E-state index in [1.165, 1.54) is 0 Å². The van der Waals surface area contributed by atoms with Crippen molar-refractivity contribution in [2.24, 2.45) is 5.92 Å². The molecule has 4 heterocycles. The van der Waals surface area contributed by atoms with Crippen LogP contribution in [-0.2, 0) is 5.41 Å². The molecule has 176 valence electrons. The van der Waals surface area contributed by atoms with E-state index in [9.17, 15) is 5.11 Å². The van der Waals surface area contributed by atoms with E-state index < -0.39 is 11.5 Å². The highest BCUT2D eigenvalue weighted by atomic mass is 16.5. The number of aliphatic hydroxyl groups is 1. The Morgan fingerprint density at radius 2 is 1.71 bits per heavy atom. The summed E-state index contributed by atoms with van der Waals surface area (Å²) in [5.74, 6) is 1.72. The first-order valence-corrected chi connectivity index (χ1v) is 10.9. The minimum absolute atomic E-state index is 0.142. The molecule has 34 heavy (non-hydrogen) atoms. The minimum atomic E-state index is -0.558. The Balaban J connectivity index is 1.59. The number of nitrogens with one attached hydrogen (secondary N) is 1. The van der Waals surface area contributed by atoms with Crippen molar-refractivity contribution in [3.05, 3.63) is 54.5 Å². The van der Waals surface area contributed by atoms with Crippen LogP contribution in [0, 0.1) is 5.92 Å². The highest BCUT2D eigenvalue weighted by molar-refractivity contribution is 5.57. The third kappa shape index (κ3) is 4.69. The number of anilines is 2. The molecule has 0 radical (unpaired) electrons. The van der Waals surface area contributed by atoms with Gasteiger partial charge in [-0.2, -0.15) is 4.98 Å². The number of nitrogens with zero attached hydrogens (tertiary/aromatic N) is 7. The van der Waals surface area contributed by atoms with Gasteiger partial charge in [0.25, 0.3) is 5.89 Å². The van der Waals surface area contributed by atoms with Gasteiger partial charge in [-0.1, -0.05) is 25.1 Å². The lowest BCUT2D eigenvalue weighted by Gasteiger charge is -2.30. The van der Waals surface area contributed by atoms with Gasteiger partial charge >= 0.3 is 0 Å². The maximum Gasteiger partial charge on any atom is 0.278 e.